The minimum Gasteiger partial charge on any atom is -0.380 e. The molecular weight excluding hydrogens is 260 g/mol. The molecule has 3 nitrogen and oxygen atoms in total. The van der Waals surface area contributed by atoms with Crippen molar-refractivity contribution in [3.05, 3.63) is 59.8 Å². The highest BCUT2D eigenvalue weighted by Gasteiger charge is 2.07. The third kappa shape index (κ3) is 2.47. The van der Waals surface area contributed by atoms with Crippen LogP contribution in [-0.4, -0.2) is 10.2 Å². The molecule has 0 aliphatic carbocycles. The van der Waals surface area contributed by atoms with Crippen molar-refractivity contribution >= 4 is 16.6 Å². The van der Waals surface area contributed by atoms with Crippen molar-refractivity contribution in [1.29, 1.82) is 0 Å². The van der Waals surface area contributed by atoms with Crippen LogP contribution in [0.5, 0.6) is 0 Å². The molecule has 0 fully saturated rings. The summed E-state index contributed by atoms with van der Waals surface area (Å²) in [5.41, 5.74) is 2.74. The van der Waals surface area contributed by atoms with E-state index in [4.69, 9.17) is 0 Å². The number of nitrogens with one attached hydrogen (secondary N) is 2. The molecule has 0 saturated carbocycles. The molecule has 5 heteroatoms. The molecule has 2 aromatic carbocycles. The minimum atomic E-state index is -2.44. The molecule has 3 rings (SSSR count). The quantitative estimate of drug-likeness (QED) is 0.751. The summed E-state index contributed by atoms with van der Waals surface area (Å²) in [6, 6.07) is 12.2. The normalized spacial score (nSPS) is 11.2. The van der Waals surface area contributed by atoms with E-state index in [9.17, 15) is 8.78 Å². The molecule has 0 atom stereocenters. The molecule has 0 aliphatic rings. The summed E-state index contributed by atoms with van der Waals surface area (Å²) in [5, 5.41) is 11.1. The van der Waals surface area contributed by atoms with Crippen LogP contribution >= 0.6 is 0 Å². The van der Waals surface area contributed by atoms with Crippen LogP contribution in [0.1, 0.15) is 17.6 Å². The molecule has 0 bridgehead atoms. The fourth-order valence-corrected chi connectivity index (χ4v) is 2.16. The van der Waals surface area contributed by atoms with Gasteiger partial charge in [-0.25, -0.2) is 8.78 Å². The standard InChI is InChI=1S/C15H13F2N3/c16-15(17)11-4-1-3-10(7-11)8-18-13-5-2-6-14-12(13)9-19-20-14/h1-7,9,15,18H,8H2,(H,19,20). The van der Waals surface area contributed by atoms with Gasteiger partial charge in [0.1, 0.15) is 0 Å². The average Bonchev–Trinajstić information content (AvgIpc) is 2.94. The number of halogens is 2. The lowest BCUT2D eigenvalue weighted by molar-refractivity contribution is 0.151. The van der Waals surface area contributed by atoms with Crippen molar-refractivity contribution in [2.45, 2.75) is 13.0 Å². The molecule has 0 unspecified atom stereocenters. The molecule has 3 aromatic rings. The van der Waals surface area contributed by atoms with Crippen LogP contribution in [0.15, 0.2) is 48.7 Å². The summed E-state index contributed by atoms with van der Waals surface area (Å²) in [7, 11) is 0. The molecule has 2 N–H and O–H groups in total. The monoisotopic (exact) mass is 273 g/mol. The number of aromatic nitrogens is 2. The lowest BCUT2D eigenvalue weighted by atomic mass is 10.1. The molecule has 0 spiro atoms. The Morgan fingerprint density at radius 2 is 2.00 bits per heavy atom. The highest BCUT2D eigenvalue weighted by atomic mass is 19.3. The van der Waals surface area contributed by atoms with Gasteiger partial charge in [-0.1, -0.05) is 24.3 Å². The number of fused-ring (bicyclic) bond motifs is 1. The lowest BCUT2D eigenvalue weighted by Gasteiger charge is -2.09. The fraction of sp³-hybridized carbons (Fsp3) is 0.133. The first kappa shape index (κ1) is 12.6. The highest BCUT2D eigenvalue weighted by molar-refractivity contribution is 5.90. The Morgan fingerprint density at radius 3 is 2.85 bits per heavy atom. The van der Waals surface area contributed by atoms with Gasteiger partial charge in [-0.2, -0.15) is 5.10 Å². The Morgan fingerprint density at radius 1 is 1.15 bits per heavy atom. The van der Waals surface area contributed by atoms with Crippen molar-refractivity contribution < 1.29 is 8.78 Å². The van der Waals surface area contributed by atoms with Crippen molar-refractivity contribution in [2.75, 3.05) is 5.32 Å². The second-order valence-electron chi connectivity index (χ2n) is 4.54. The van der Waals surface area contributed by atoms with Gasteiger partial charge in [0.25, 0.3) is 6.43 Å². The lowest BCUT2D eigenvalue weighted by Crippen LogP contribution is -2.00. The van der Waals surface area contributed by atoms with E-state index in [1.165, 1.54) is 12.1 Å². The van der Waals surface area contributed by atoms with Gasteiger partial charge < -0.3 is 5.32 Å². The Kier molecular flexibility index (Phi) is 3.33. The first-order valence-electron chi connectivity index (χ1n) is 6.27. The number of rotatable bonds is 4. The van der Waals surface area contributed by atoms with Gasteiger partial charge in [0.05, 0.1) is 11.7 Å². The Balaban J connectivity index is 1.79. The molecule has 1 heterocycles. The van der Waals surface area contributed by atoms with Crippen LogP contribution in [0.3, 0.4) is 0 Å². The smallest absolute Gasteiger partial charge is 0.263 e. The summed E-state index contributed by atoms with van der Waals surface area (Å²) >= 11 is 0. The van der Waals surface area contributed by atoms with E-state index in [0.29, 0.717) is 6.54 Å². The van der Waals surface area contributed by atoms with Gasteiger partial charge in [0.2, 0.25) is 0 Å². The van der Waals surface area contributed by atoms with E-state index in [1.54, 1.807) is 12.3 Å². The summed E-state index contributed by atoms with van der Waals surface area (Å²) in [5.74, 6) is 0. The molecule has 102 valence electrons. The van der Waals surface area contributed by atoms with E-state index >= 15 is 0 Å². The van der Waals surface area contributed by atoms with E-state index in [0.717, 1.165) is 22.2 Å². The predicted molar refractivity (Wildman–Crippen MR) is 74.8 cm³/mol. The first-order valence-corrected chi connectivity index (χ1v) is 6.27. The summed E-state index contributed by atoms with van der Waals surface area (Å²) in [6.07, 6.45) is -0.694. The SMILES string of the molecule is FC(F)c1cccc(CNc2cccc3[nH]ncc23)c1. The molecule has 1 aromatic heterocycles. The Bertz CT molecular complexity index is 722. The zero-order chi connectivity index (χ0) is 13.9. The third-order valence-electron chi connectivity index (χ3n) is 3.17. The second kappa shape index (κ2) is 5.28. The minimum absolute atomic E-state index is 0.0471. The zero-order valence-electron chi connectivity index (χ0n) is 10.6. The van der Waals surface area contributed by atoms with Gasteiger partial charge in [-0.05, 0) is 23.8 Å². The number of anilines is 1. The van der Waals surface area contributed by atoms with Crippen LogP contribution in [0.25, 0.3) is 10.9 Å². The van der Waals surface area contributed by atoms with Crippen LogP contribution in [0.2, 0.25) is 0 Å². The fourth-order valence-electron chi connectivity index (χ4n) is 2.16. The molecule has 0 saturated heterocycles. The number of hydrogen-bond acceptors (Lipinski definition) is 2. The second-order valence-corrected chi connectivity index (χ2v) is 4.54. The van der Waals surface area contributed by atoms with Gasteiger partial charge >= 0.3 is 0 Å². The topological polar surface area (TPSA) is 40.7 Å². The molecule has 20 heavy (non-hydrogen) atoms. The maximum atomic E-state index is 12.6. The number of nitrogens with zero attached hydrogens (tertiary/aromatic N) is 1. The highest BCUT2D eigenvalue weighted by Crippen LogP contribution is 2.23. The van der Waals surface area contributed by atoms with Crippen molar-refractivity contribution in [2.24, 2.45) is 0 Å². The molecule has 0 radical (unpaired) electrons. The van der Waals surface area contributed by atoms with E-state index in [-0.39, 0.29) is 5.56 Å². The molecule has 0 aliphatic heterocycles. The largest absolute Gasteiger partial charge is 0.380 e. The first-order chi connectivity index (χ1) is 9.74. The number of alkyl halides is 2. The van der Waals surface area contributed by atoms with Crippen molar-refractivity contribution in [3.63, 3.8) is 0 Å². The van der Waals surface area contributed by atoms with E-state index in [1.807, 2.05) is 24.3 Å². The number of hydrogen-bond donors (Lipinski definition) is 2. The van der Waals surface area contributed by atoms with Gasteiger partial charge in [0.15, 0.2) is 0 Å². The Labute approximate surface area is 114 Å². The van der Waals surface area contributed by atoms with Crippen LogP contribution in [0.4, 0.5) is 14.5 Å². The van der Waals surface area contributed by atoms with Crippen LogP contribution in [0, 0.1) is 0 Å². The third-order valence-corrected chi connectivity index (χ3v) is 3.17. The average molecular weight is 273 g/mol. The summed E-state index contributed by atoms with van der Waals surface area (Å²) in [6.45, 7) is 0.491. The van der Waals surface area contributed by atoms with Gasteiger partial charge in [-0.3, -0.25) is 5.10 Å². The van der Waals surface area contributed by atoms with Crippen LogP contribution in [-0.2, 0) is 6.54 Å². The zero-order valence-corrected chi connectivity index (χ0v) is 10.6. The summed E-state index contributed by atoms with van der Waals surface area (Å²) in [4.78, 5) is 0. The Hall–Kier alpha value is -2.43. The summed E-state index contributed by atoms with van der Waals surface area (Å²) < 4.78 is 25.3. The van der Waals surface area contributed by atoms with Gasteiger partial charge in [-0.15, -0.1) is 0 Å². The molecule has 0 amide bonds. The maximum Gasteiger partial charge on any atom is 0.263 e. The number of benzene rings is 2. The van der Waals surface area contributed by atoms with Crippen LogP contribution < -0.4 is 5.32 Å². The van der Waals surface area contributed by atoms with Crippen molar-refractivity contribution in [1.82, 2.24) is 10.2 Å². The number of aromatic amines is 1. The van der Waals surface area contributed by atoms with Crippen molar-refractivity contribution in [3.8, 4) is 0 Å². The van der Waals surface area contributed by atoms with Gasteiger partial charge in [0, 0.05) is 23.2 Å². The number of H-pyrrole nitrogens is 1. The predicted octanol–water partition coefficient (Wildman–Crippen LogP) is 4.11. The van der Waals surface area contributed by atoms with E-state index < -0.39 is 6.43 Å². The van der Waals surface area contributed by atoms with E-state index in [2.05, 4.69) is 15.5 Å². The molecular formula is C15H13F2N3. The maximum absolute atomic E-state index is 12.6.